The maximum Gasteiger partial charge on any atom is 0.410 e. The van der Waals surface area contributed by atoms with E-state index in [-0.39, 0.29) is 18.0 Å². The lowest BCUT2D eigenvalue weighted by atomic mass is 10.1. The van der Waals surface area contributed by atoms with Crippen molar-refractivity contribution in [3.63, 3.8) is 0 Å². The van der Waals surface area contributed by atoms with Crippen LogP contribution in [0.5, 0.6) is 5.75 Å². The molecule has 0 bridgehead atoms. The van der Waals surface area contributed by atoms with Gasteiger partial charge in [0.15, 0.2) is 5.78 Å². The summed E-state index contributed by atoms with van der Waals surface area (Å²) in [5.74, 6) is 0.894. The van der Waals surface area contributed by atoms with E-state index in [9.17, 15) is 9.59 Å². The molecular formula is C19H27NO4. The number of ether oxygens (including phenoxy) is 2. The lowest BCUT2D eigenvalue weighted by molar-refractivity contribution is 0.0126. The molecule has 1 fully saturated rings. The number of nitrogens with zero attached hydrogens (tertiary/aromatic N) is 1. The minimum absolute atomic E-state index is 0.0800. The van der Waals surface area contributed by atoms with Crippen LogP contribution in [0.3, 0.4) is 0 Å². The highest BCUT2D eigenvalue weighted by Crippen LogP contribution is 2.21. The van der Waals surface area contributed by atoms with Crippen molar-refractivity contribution < 1.29 is 19.1 Å². The topological polar surface area (TPSA) is 55.8 Å². The summed E-state index contributed by atoms with van der Waals surface area (Å²) in [5, 5.41) is 0. The van der Waals surface area contributed by atoms with E-state index in [4.69, 9.17) is 9.47 Å². The Balaban J connectivity index is 1.82. The molecule has 1 aromatic rings. The fourth-order valence-corrected chi connectivity index (χ4v) is 2.60. The molecule has 0 N–H and O–H groups in total. The Labute approximate surface area is 143 Å². The van der Waals surface area contributed by atoms with Gasteiger partial charge in [0.2, 0.25) is 0 Å². The third-order valence-corrected chi connectivity index (χ3v) is 3.89. The second-order valence-electron chi connectivity index (χ2n) is 7.09. The molecule has 2 rings (SSSR count). The van der Waals surface area contributed by atoms with Gasteiger partial charge in [-0.1, -0.05) is 6.92 Å². The van der Waals surface area contributed by atoms with Gasteiger partial charge in [0.25, 0.3) is 0 Å². The number of benzene rings is 1. The molecule has 5 nitrogen and oxygen atoms in total. The number of ketones is 1. The molecule has 132 valence electrons. The first kappa shape index (κ1) is 18.3. The monoisotopic (exact) mass is 333 g/mol. The highest BCUT2D eigenvalue weighted by Gasteiger charge is 2.27. The summed E-state index contributed by atoms with van der Waals surface area (Å²) in [6, 6.07) is 7.28. The Kier molecular flexibility index (Phi) is 5.86. The lowest BCUT2D eigenvalue weighted by Crippen LogP contribution is -2.44. The van der Waals surface area contributed by atoms with Gasteiger partial charge in [-0.2, -0.15) is 0 Å². The van der Waals surface area contributed by atoms with Gasteiger partial charge in [0.1, 0.15) is 17.5 Å². The van der Waals surface area contributed by atoms with E-state index in [1.165, 1.54) is 0 Å². The van der Waals surface area contributed by atoms with Crippen molar-refractivity contribution in [2.45, 2.75) is 58.7 Å². The van der Waals surface area contributed by atoms with Gasteiger partial charge in [-0.3, -0.25) is 4.79 Å². The van der Waals surface area contributed by atoms with E-state index in [1.54, 1.807) is 17.0 Å². The van der Waals surface area contributed by atoms with Crippen molar-refractivity contribution >= 4 is 11.9 Å². The van der Waals surface area contributed by atoms with Gasteiger partial charge in [-0.25, -0.2) is 4.79 Å². The average Bonchev–Trinajstić information content (AvgIpc) is 2.54. The number of amides is 1. The van der Waals surface area contributed by atoms with Gasteiger partial charge in [0.05, 0.1) is 0 Å². The van der Waals surface area contributed by atoms with Crippen LogP contribution in [0.2, 0.25) is 0 Å². The predicted octanol–water partition coefficient (Wildman–Crippen LogP) is 4.06. The highest BCUT2D eigenvalue weighted by molar-refractivity contribution is 5.95. The smallest absolute Gasteiger partial charge is 0.410 e. The first-order valence-electron chi connectivity index (χ1n) is 8.56. The van der Waals surface area contributed by atoms with E-state index in [0.29, 0.717) is 25.1 Å². The molecule has 24 heavy (non-hydrogen) atoms. The maximum atomic E-state index is 12.0. The second-order valence-corrected chi connectivity index (χ2v) is 7.09. The number of carbonyl (C=O) groups is 2. The molecule has 1 aliphatic rings. The molecule has 5 heteroatoms. The van der Waals surface area contributed by atoms with Crippen LogP contribution in [-0.4, -0.2) is 41.6 Å². The standard InChI is InChI=1S/C19H27NO4/c1-5-17(21)14-6-8-15(9-7-14)23-16-10-12-20(13-11-16)18(22)24-19(2,3)4/h6-9,16H,5,10-13H2,1-4H3. The molecule has 0 spiro atoms. The van der Waals surface area contributed by atoms with E-state index < -0.39 is 5.60 Å². The molecule has 1 saturated heterocycles. The van der Waals surface area contributed by atoms with Crippen molar-refractivity contribution in [1.29, 1.82) is 0 Å². The molecule has 0 aliphatic carbocycles. The van der Waals surface area contributed by atoms with Gasteiger partial charge >= 0.3 is 6.09 Å². The molecule has 0 aromatic heterocycles. The number of piperidine rings is 1. The molecular weight excluding hydrogens is 306 g/mol. The number of carbonyl (C=O) groups excluding carboxylic acids is 2. The second kappa shape index (κ2) is 7.69. The summed E-state index contributed by atoms with van der Waals surface area (Å²) >= 11 is 0. The number of likely N-dealkylation sites (tertiary alicyclic amines) is 1. The number of hydrogen-bond donors (Lipinski definition) is 0. The van der Waals surface area contributed by atoms with Crippen LogP contribution in [0.4, 0.5) is 4.79 Å². The number of Topliss-reactive ketones (excluding diaryl/α,β-unsaturated/α-hetero) is 1. The zero-order valence-electron chi connectivity index (χ0n) is 15.0. The first-order chi connectivity index (χ1) is 11.3. The molecule has 1 aromatic carbocycles. The fourth-order valence-electron chi connectivity index (χ4n) is 2.60. The SMILES string of the molecule is CCC(=O)c1ccc(OC2CCN(C(=O)OC(C)(C)C)CC2)cc1. The van der Waals surface area contributed by atoms with E-state index in [1.807, 2.05) is 39.8 Å². The van der Waals surface area contributed by atoms with Crippen LogP contribution in [0.1, 0.15) is 57.3 Å². The summed E-state index contributed by atoms with van der Waals surface area (Å²) in [6.45, 7) is 8.72. The molecule has 0 unspecified atom stereocenters. The third-order valence-electron chi connectivity index (χ3n) is 3.89. The Bertz CT molecular complexity index is 566. The van der Waals surface area contributed by atoms with Gasteiger partial charge in [-0.15, -0.1) is 0 Å². The summed E-state index contributed by atoms with van der Waals surface area (Å²) in [5.41, 5.74) is 0.242. The zero-order valence-corrected chi connectivity index (χ0v) is 15.0. The van der Waals surface area contributed by atoms with Crippen LogP contribution >= 0.6 is 0 Å². The van der Waals surface area contributed by atoms with Gasteiger partial charge in [-0.05, 0) is 45.0 Å². The van der Waals surface area contributed by atoms with Crippen molar-refractivity contribution in [2.24, 2.45) is 0 Å². The fraction of sp³-hybridized carbons (Fsp3) is 0.579. The van der Waals surface area contributed by atoms with E-state index >= 15 is 0 Å². The Morgan fingerprint density at radius 3 is 2.21 bits per heavy atom. The Hall–Kier alpha value is -2.04. The number of hydrogen-bond acceptors (Lipinski definition) is 4. The predicted molar refractivity (Wildman–Crippen MR) is 92.5 cm³/mol. The normalized spacial score (nSPS) is 15.9. The van der Waals surface area contributed by atoms with Crippen molar-refractivity contribution in [3.8, 4) is 5.75 Å². The summed E-state index contributed by atoms with van der Waals surface area (Å²) < 4.78 is 11.4. The minimum atomic E-state index is -0.470. The van der Waals surface area contributed by atoms with Gasteiger partial charge < -0.3 is 14.4 Å². The van der Waals surface area contributed by atoms with Crippen molar-refractivity contribution in [2.75, 3.05) is 13.1 Å². The molecule has 0 saturated carbocycles. The third kappa shape index (κ3) is 5.25. The van der Waals surface area contributed by atoms with Crippen LogP contribution in [0, 0.1) is 0 Å². The van der Waals surface area contributed by atoms with Crippen molar-refractivity contribution in [3.05, 3.63) is 29.8 Å². The number of rotatable bonds is 4. The van der Waals surface area contributed by atoms with Crippen molar-refractivity contribution in [1.82, 2.24) is 4.90 Å². The molecule has 1 aliphatic heterocycles. The highest BCUT2D eigenvalue weighted by atomic mass is 16.6. The molecule has 0 radical (unpaired) electrons. The lowest BCUT2D eigenvalue weighted by Gasteiger charge is -2.33. The zero-order chi connectivity index (χ0) is 17.7. The summed E-state index contributed by atoms with van der Waals surface area (Å²) in [4.78, 5) is 25.4. The molecule has 0 atom stereocenters. The van der Waals surface area contributed by atoms with Gasteiger partial charge in [0, 0.05) is 37.9 Å². The largest absolute Gasteiger partial charge is 0.490 e. The summed E-state index contributed by atoms with van der Waals surface area (Å²) in [6.07, 6.45) is 1.87. The van der Waals surface area contributed by atoms with E-state index in [2.05, 4.69) is 0 Å². The first-order valence-corrected chi connectivity index (χ1v) is 8.56. The van der Waals surface area contributed by atoms with Crippen LogP contribution in [-0.2, 0) is 4.74 Å². The Morgan fingerprint density at radius 1 is 1.12 bits per heavy atom. The molecule has 1 amide bonds. The minimum Gasteiger partial charge on any atom is -0.490 e. The summed E-state index contributed by atoms with van der Waals surface area (Å²) in [7, 11) is 0. The average molecular weight is 333 g/mol. The van der Waals surface area contributed by atoms with Crippen LogP contribution < -0.4 is 4.74 Å². The van der Waals surface area contributed by atoms with Crippen LogP contribution in [0.15, 0.2) is 24.3 Å². The molecule has 1 heterocycles. The Morgan fingerprint density at radius 2 is 1.71 bits per heavy atom. The maximum absolute atomic E-state index is 12.0. The van der Waals surface area contributed by atoms with Crippen LogP contribution in [0.25, 0.3) is 0 Å². The van der Waals surface area contributed by atoms with E-state index in [0.717, 1.165) is 18.6 Å². The quantitative estimate of drug-likeness (QED) is 0.780.